The number of carbonyl (C=O) groups excluding carboxylic acids is 2. The average Bonchev–Trinajstić information content (AvgIpc) is 2.26. The van der Waals surface area contributed by atoms with E-state index in [0.29, 0.717) is 6.29 Å². The number of hydrogen-bond acceptors (Lipinski definition) is 5. The van der Waals surface area contributed by atoms with Crippen molar-refractivity contribution in [3.05, 3.63) is 33.4 Å². The Morgan fingerprint density at radius 2 is 2.12 bits per heavy atom. The predicted octanol–water partition coefficient (Wildman–Crippen LogP) is 1.62. The Balaban J connectivity index is 3.66. The molecule has 0 saturated carbocycles. The zero-order chi connectivity index (χ0) is 12.3. The molecule has 0 radical (unpaired) electrons. The van der Waals surface area contributed by atoms with Crippen LogP contribution >= 0.6 is 0 Å². The van der Waals surface area contributed by atoms with E-state index in [1.807, 2.05) is 0 Å². The molecule has 0 N–H and O–H groups in total. The van der Waals surface area contributed by atoms with Gasteiger partial charge in [-0.15, -0.1) is 0 Å². The number of nitro groups is 1. The second kappa shape index (κ2) is 4.52. The molecule has 0 unspecified atom stereocenters. The van der Waals surface area contributed by atoms with E-state index in [9.17, 15) is 19.7 Å². The maximum Gasteiger partial charge on any atom is 0.294 e. The third kappa shape index (κ3) is 1.90. The molecular formula is C10H9NO5. The highest BCUT2D eigenvalue weighted by atomic mass is 16.6. The summed E-state index contributed by atoms with van der Waals surface area (Å²) in [5.74, 6) is -0.433. The molecule has 1 rings (SSSR count). The van der Waals surface area contributed by atoms with Crippen molar-refractivity contribution in [2.24, 2.45) is 0 Å². The minimum Gasteiger partial charge on any atom is -0.496 e. The van der Waals surface area contributed by atoms with Gasteiger partial charge in [-0.1, -0.05) is 0 Å². The number of nitro benzene ring substituents is 1. The Kier molecular flexibility index (Phi) is 3.34. The van der Waals surface area contributed by atoms with Gasteiger partial charge in [0.2, 0.25) is 0 Å². The van der Waals surface area contributed by atoms with E-state index >= 15 is 0 Å². The van der Waals surface area contributed by atoms with Crippen LogP contribution in [0.15, 0.2) is 12.1 Å². The molecule has 0 saturated heterocycles. The van der Waals surface area contributed by atoms with Gasteiger partial charge >= 0.3 is 0 Å². The number of nitrogens with zero attached hydrogens (tertiary/aromatic N) is 1. The SMILES string of the molecule is COc1ccc(C=O)c([N+](=O)[O-])c1C(C)=O. The standard InChI is InChI=1S/C10H9NO5/c1-6(13)9-8(16-2)4-3-7(5-12)10(9)11(14)15/h3-5H,1-2H3. The zero-order valence-corrected chi connectivity index (χ0v) is 8.72. The van der Waals surface area contributed by atoms with Crippen molar-refractivity contribution in [1.29, 1.82) is 0 Å². The molecule has 16 heavy (non-hydrogen) atoms. The van der Waals surface area contributed by atoms with E-state index in [1.54, 1.807) is 0 Å². The Bertz CT molecular complexity index is 467. The van der Waals surface area contributed by atoms with Crippen molar-refractivity contribution in [3.8, 4) is 5.75 Å². The molecular weight excluding hydrogens is 214 g/mol. The summed E-state index contributed by atoms with van der Waals surface area (Å²) in [7, 11) is 1.30. The fourth-order valence-electron chi connectivity index (χ4n) is 1.39. The number of ketones is 1. The minimum absolute atomic E-state index is 0.0878. The van der Waals surface area contributed by atoms with Crippen molar-refractivity contribution < 1.29 is 19.2 Å². The third-order valence-corrected chi connectivity index (χ3v) is 2.05. The van der Waals surface area contributed by atoms with E-state index in [2.05, 4.69) is 0 Å². The third-order valence-electron chi connectivity index (χ3n) is 2.05. The fourth-order valence-corrected chi connectivity index (χ4v) is 1.39. The normalized spacial score (nSPS) is 9.62. The Morgan fingerprint density at radius 1 is 1.50 bits per heavy atom. The van der Waals surface area contributed by atoms with Gasteiger partial charge in [-0.2, -0.15) is 0 Å². The molecule has 0 aliphatic heterocycles. The van der Waals surface area contributed by atoms with Crippen LogP contribution in [0.5, 0.6) is 5.75 Å². The first-order valence-corrected chi connectivity index (χ1v) is 4.34. The van der Waals surface area contributed by atoms with E-state index < -0.39 is 16.4 Å². The number of methoxy groups -OCH3 is 1. The summed E-state index contributed by atoms with van der Waals surface area (Å²) in [6.07, 6.45) is 0.337. The van der Waals surface area contributed by atoms with Crippen molar-refractivity contribution in [1.82, 2.24) is 0 Å². The van der Waals surface area contributed by atoms with Gasteiger partial charge in [0, 0.05) is 0 Å². The van der Waals surface area contributed by atoms with E-state index in [4.69, 9.17) is 4.74 Å². The summed E-state index contributed by atoms with van der Waals surface area (Å²) in [6.45, 7) is 1.18. The Labute approximate surface area is 91.0 Å². The average molecular weight is 223 g/mol. The van der Waals surface area contributed by atoms with Crippen LogP contribution < -0.4 is 4.74 Å². The van der Waals surface area contributed by atoms with Gasteiger partial charge in [0.1, 0.15) is 11.3 Å². The first-order valence-electron chi connectivity index (χ1n) is 4.34. The number of ether oxygens (including phenoxy) is 1. The molecule has 0 bridgehead atoms. The quantitative estimate of drug-likeness (QED) is 0.335. The molecule has 1 aromatic rings. The lowest BCUT2D eigenvalue weighted by Crippen LogP contribution is -2.06. The molecule has 1 aromatic carbocycles. The topological polar surface area (TPSA) is 86.5 Å². The number of Topliss-reactive ketones (excluding diaryl/α,β-unsaturated/α-hetero) is 1. The molecule has 0 heterocycles. The van der Waals surface area contributed by atoms with Crippen molar-refractivity contribution in [2.45, 2.75) is 6.92 Å². The summed E-state index contributed by atoms with van der Waals surface area (Å²) in [6, 6.07) is 2.60. The van der Waals surface area contributed by atoms with Gasteiger partial charge in [-0.3, -0.25) is 19.7 Å². The molecule has 0 amide bonds. The van der Waals surface area contributed by atoms with Gasteiger partial charge in [-0.25, -0.2) is 0 Å². The monoisotopic (exact) mass is 223 g/mol. The maximum absolute atomic E-state index is 11.3. The summed E-state index contributed by atoms with van der Waals surface area (Å²) in [5.41, 5.74) is -0.838. The van der Waals surface area contributed by atoms with Crippen LogP contribution in [0.1, 0.15) is 27.6 Å². The molecule has 0 atom stereocenters. The van der Waals surface area contributed by atoms with Crippen LogP contribution in [-0.4, -0.2) is 24.1 Å². The van der Waals surface area contributed by atoms with Gasteiger partial charge < -0.3 is 4.74 Å². The lowest BCUT2D eigenvalue weighted by Gasteiger charge is -2.07. The smallest absolute Gasteiger partial charge is 0.294 e. The highest BCUT2D eigenvalue weighted by Gasteiger charge is 2.26. The number of carbonyl (C=O) groups is 2. The van der Waals surface area contributed by atoms with Gasteiger partial charge in [0.05, 0.1) is 17.6 Å². The fraction of sp³-hybridized carbons (Fsp3) is 0.200. The minimum atomic E-state index is -0.761. The van der Waals surface area contributed by atoms with Crippen molar-refractivity contribution in [3.63, 3.8) is 0 Å². The molecule has 84 valence electrons. The Hall–Kier alpha value is -2.24. The van der Waals surface area contributed by atoms with Crippen LogP contribution in [0.3, 0.4) is 0 Å². The molecule has 6 heteroatoms. The lowest BCUT2D eigenvalue weighted by atomic mass is 10.0. The largest absolute Gasteiger partial charge is 0.496 e. The number of aldehydes is 1. The van der Waals surface area contributed by atoms with E-state index in [1.165, 1.54) is 26.2 Å². The molecule has 6 nitrogen and oxygen atoms in total. The molecule has 0 spiro atoms. The second-order valence-corrected chi connectivity index (χ2v) is 3.01. The molecule has 0 aromatic heterocycles. The number of hydrogen-bond donors (Lipinski definition) is 0. The van der Waals surface area contributed by atoms with Crippen LogP contribution in [-0.2, 0) is 0 Å². The highest BCUT2D eigenvalue weighted by molar-refractivity contribution is 6.04. The van der Waals surface area contributed by atoms with Crippen LogP contribution in [0, 0.1) is 10.1 Å². The van der Waals surface area contributed by atoms with Crippen LogP contribution in [0.25, 0.3) is 0 Å². The Morgan fingerprint density at radius 3 is 2.50 bits per heavy atom. The van der Waals surface area contributed by atoms with Crippen molar-refractivity contribution >= 4 is 17.8 Å². The van der Waals surface area contributed by atoms with Gasteiger partial charge in [0.25, 0.3) is 5.69 Å². The summed E-state index contributed by atoms with van der Waals surface area (Å²) in [5, 5.41) is 10.8. The lowest BCUT2D eigenvalue weighted by molar-refractivity contribution is -0.385. The first-order chi connectivity index (χ1) is 7.52. The molecule has 0 aliphatic carbocycles. The maximum atomic E-state index is 11.3. The van der Waals surface area contributed by atoms with Crippen molar-refractivity contribution in [2.75, 3.05) is 7.11 Å². The predicted molar refractivity (Wildman–Crippen MR) is 55.0 cm³/mol. The zero-order valence-electron chi connectivity index (χ0n) is 8.72. The molecule has 0 fully saturated rings. The van der Waals surface area contributed by atoms with Gasteiger partial charge in [0.15, 0.2) is 12.1 Å². The van der Waals surface area contributed by atoms with Crippen LogP contribution in [0.2, 0.25) is 0 Å². The summed E-state index contributed by atoms with van der Waals surface area (Å²) in [4.78, 5) is 32.0. The highest BCUT2D eigenvalue weighted by Crippen LogP contribution is 2.31. The number of rotatable bonds is 4. The van der Waals surface area contributed by atoms with Gasteiger partial charge in [-0.05, 0) is 19.1 Å². The summed E-state index contributed by atoms with van der Waals surface area (Å²) < 4.78 is 4.86. The summed E-state index contributed by atoms with van der Waals surface area (Å²) >= 11 is 0. The van der Waals surface area contributed by atoms with E-state index in [0.717, 1.165) is 0 Å². The number of benzene rings is 1. The second-order valence-electron chi connectivity index (χ2n) is 3.01. The molecule has 0 aliphatic rings. The first kappa shape index (κ1) is 11.8. The van der Waals surface area contributed by atoms with Crippen LogP contribution in [0.4, 0.5) is 5.69 Å². The van der Waals surface area contributed by atoms with E-state index in [-0.39, 0.29) is 16.9 Å².